The lowest BCUT2D eigenvalue weighted by atomic mass is 9.97. The van der Waals surface area contributed by atoms with Crippen molar-refractivity contribution in [2.24, 2.45) is 0 Å². The van der Waals surface area contributed by atoms with E-state index in [-0.39, 0.29) is 0 Å². The number of rotatable bonds is 1. The first-order valence-corrected chi connectivity index (χ1v) is 7.89. The van der Waals surface area contributed by atoms with Crippen LogP contribution in [0.2, 0.25) is 0 Å². The van der Waals surface area contributed by atoms with Crippen LogP contribution in [0.15, 0.2) is 84.9 Å². The van der Waals surface area contributed by atoms with Crippen LogP contribution in [0, 0.1) is 0 Å². The zero-order valence-electron chi connectivity index (χ0n) is 13.1. The maximum atomic E-state index is 2.27. The number of hydrogen-bond acceptors (Lipinski definition) is 0. The second kappa shape index (κ2) is 6.44. The largest absolute Gasteiger partial charge is 0.0683 e. The Hall–Kier alpha value is -2.60. The maximum absolute atomic E-state index is 2.27. The molecule has 0 aliphatic heterocycles. The number of benzene rings is 4. The van der Waals surface area contributed by atoms with Crippen molar-refractivity contribution in [1.29, 1.82) is 0 Å². The second-order valence-electron chi connectivity index (χ2n) is 5.09. The van der Waals surface area contributed by atoms with Gasteiger partial charge in [0.2, 0.25) is 0 Å². The molecule has 4 aromatic rings. The summed E-state index contributed by atoms with van der Waals surface area (Å²) in [5.41, 5.74) is 2.54. The first-order chi connectivity index (χ1) is 10.9. The van der Waals surface area contributed by atoms with Crippen LogP contribution >= 0.6 is 0 Å². The predicted molar refractivity (Wildman–Crippen MR) is 98.2 cm³/mol. The molecule has 0 saturated carbocycles. The van der Waals surface area contributed by atoms with Crippen molar-refractivity contribution < 1.29 is 0 Å². The van der Waals surface area contributed by atoms with E-state index in [1.54, 1.807) is 0 Å². The van der Waals surface area contributed by atoms with Crippen molar-refractivity contribution in [3.63, 3.8) is 0 Å². The molecule has 0 bridgehead atoms. The topological polar surface area (TPSA) is 0 Å². The van der Waals surface area contributed by atoms with Gasteiger partial charge in [0.05, 0.1) is 0 Å². The minimum Gasteiger partial charge on any atom is -0.0683 e. The summed E-state index contributed by atoms with van der Waals surface area (Å²) in [6.45, 7) is 4.00. The van der Waals surface area contributed by atoms with E-state index in [0.29, 0.717) is 0 Å². The average Bonchev–Trinajstić information content (AvgIpc) is 2.63. The molecule has 0 aliphatic carbocycles. The van der Waals surface area contributed by atoms with E-state index < -0.39 is 0 Å². The molecule has 0 aliphatic rings. The fraction of sp³-hybridized carbons (Fsp3) is 0.0909. The van der Waals surface area contributed by atoms with Gasteiger partial charge in [-0.25, -0.2) is 0 Å². The van der Waals surface area contributed by atoms with Gasteiger partial charge in [0.15, 0.2) is 0 Å². The Morgan fingerprint density at radius 3 is 1.91 bits per heavy atom. The monoisotopic (exact) mass is 284 g/mol. The molecule has 0 atom stereocenters. The fourth-order valence-electron chi connectivity index (χ4n) is 2.82. The third kappa shape index (κ3) is 2.60. The SMILES string of the molecule is CC.c1ccc(-c2ccc3c(ccc4ccccc43)c2)cc1. The van der Waals surface area contributed by atoms with Crippen molar-refractivity contribution in [3.8, 4) is 11.1 Å². The molecule has 108 valence electrons. The zero-order valence-corrected chi connectivity index (χ0v) is 13.1. The van der Waals surface area contributed by atoms with E-state index in [0.717, 1.165) is 0 Å². The molecule has 4 rings (SSSR count). The molecule has 0 heteroatoms. The summed E-state index contributed by atoms with van der Waals surface area (Å²) in [4.78, 5) is 0. The fourth-order valence-corrected chi connectivity index (χ4v) is 2.82. The Bertz CT molecular complexity index is 889. The summed E-state index contributed by atoms with van der Waals surface area (Å²) in [6, 6.07) is 30.2. The van der Waals surface area contributed by atoms with Crippen molar-refractivity contribution in [2.75, 3.05) is 0 Å². The quantitative estimate of drug-likeness (QED) is 0.342. The third-order valence-electron chi connectivity index (χ3n) is 3.85. The highest BCUT2D eigenvalue weighted by Gasteiger charge is 2.02. The minimum atomic E-state index is 1.27. The lowest BCUT2D eigenvalue weighted by molar-refractivity contribution is 1.50. The number of hydrogen-bond donors (Lipinski definition) is 0. The molecule has 0 radical (unpaired) electrons. The van der Waals surface area contributed by atoms with Gasteiger partial charge in [-0.2, -0.15) is 0 Å². The molecule has 0 heterocycles. The molecule has 0 aromatic heterocycles. The molecule has 0 amide bonds. The highest BCUT2D eigenvalue weighted by molar-refractivity contribution is 6.08. The van der Waals surface area contributed by atoms with Crippen LogP contribution in [0.5, 0.6) is 0 Å². The lowest BCUT2D eigenvalue weighted by Gasteiger charge is -2.07. The zero-order chi connectivity index (χ0) is 15.4. The summed E-state index contributed by atoms with van der Waals surface area (Å²) in [6.07, 6.45) is 0. The normalized spacial score (nSPS) is 10.3. The summed E-state index contributed by atoms with van der Waals surface area (Å²) in [7, 11) is 0. The van der Waals surface area contributed by atoms with Crippen LogP contribution in [0.25, 0.3) is 32.7 Å². The van der Waals surface area contributed by atoms with Crippen molar-refractivity contribution in [3.05, 3.63) is 84.9 Å². The van der Waals surface area contributed by atoms with E-state index >= 15 is 0 Å². The molecule has 0 nitrogen and oxygen atoms in total. The van der Waals surface area contributed by atoms with Gasteiger partial charge in [-0.05, 0) is 38.7 Å². The highest BCUT2D eigenvalue weighted by atomic mass is 14.1. The molecule has 22 heavy (non-hydrogen) atoms. The summed E-state index contributed by atoms with van der Waals surface area (Å²) in [5, 5.41) is 5.24. The summed E-state index contributed by atoms with van der Waals surface area (Å²) >= 11 is 0. The van der Waals surface area contributed by atoms with Crippen molar-refractivity contribution >= 4 is 21.5 Å². The third-order valence-corrected chi connectivity index (χ3v) is 3.85. The van der Waals surface area contributed by atoms with Crippen LogP contribution in [0.4, 0.5) is 0 Å². The van der Waals surface area contributed by atoms with Gasteiger partial charge < -0.3 is 0 Å². The molecular weight excluding hydrogens is 264 g/mol. The minimum absolute atomic E-state index is 1.27. The first kappa shape index (κ1) is 14.3. The Morgan fingerprint density at radius 1 is 0.455 bits per heavy atom. The van der Waals surface area contributed by atoms with Gasteiger partial charge in [-0.1, -0.05) is 92.7 Å². The number of fused-ring (bicyclic) bond motifs is 3. The molecule has 0 N–H and O–H groups in total. The molecular formula is C22H20. The van der Waals surface area contributed by atoms with Gasteiger partial charge in [0.25, 0.3) is 0 Å². The van der Waals surface area contributed by atoms with Crippen molar-refractivity contribution in [1.82, 2.24) is 0 Å². The summed E-state index contributed by atoms with van der Waals surface area (Å²) < 4.78 is 0. The Balaban J connectivity index is 0.000000693. The van der Waals surface area contributed by atoms with Crippen LogP contribution in [-0.4, -0.2) is 0 Å². The first-order valence-electron chi connectivity index (χ1n) is 7.89. The summed E-state index contributed by atoms with van der Waals surface area (Å²) in [5.74, 6) is 0. The van der Waals surface area contributed by atoms with Crippen LogP contribution in [-0.2, 0) is 0 Å². The molecule has 0 fully saturated rings. The van der Waals surface area contributed by atoms with E-state index in [1.807, 2.05) is 13.8 Å². The van der Waals surface area contributed by atoms with Crippen LogP contribution in [0.1, 0.15) is 13.8 Å². The average molecular weight is 284 g/mol. The van der Waals surface area contributed by atoms with Crippen LogP contribution in [0.3, 0.4) is 0 Å². The van der Waals surface area contributed by atoms with Gasteiger partial charge in [0.1, 0.15) is 0 Å². The molecule has 0 unspecified atom stereocenters. The van der Waals surface area contributed by atoms with Gasteiger partial charge in [-0.15, -0.1) is 0 Å². The van der Waals surface area contributed by atoms with Crippen LogP contribution < -0.4 is 0 Å². The molecule has 0 saturated heterocycles. The van der Waals surface area contributed by atoms with Gasteiger partial charge >= 0.3 is 0 Å². The molecule has 4 aromatic carbocycles. The second-order valence-corrected chi connectivity index (χ2v) is 5.09. The predicted octanol–water partition coefficient (Wildman–Crippen LogP) is 6.69. The Morgan fingerprint density at radius 2 is 1.09 bits per heavy atom. The lowest BCUT2D eigenvalue weighted by Crippen LogP contribution is -1.80. The van der Waals surface area contributed by atoms with Crippen molar-refractivity contribution in [2.45, 2.75) is 13.8 Å². The molecule has 0 spiro atoms. The van der Waals surface area contributed by atoms with E-state index in [2.05, 4.69) is 84.9 Å². The highest BCUT2D eigenvalue weighted by Crippen LogP contribution is 2.29. The Labute approximate surface area is 132 Å². The van der Waals surface area contributed by atoms with Gasteiger partial charge in [-0.3, -0.25) is 0 Å². The van der Waals surface area contributed by atoms with E-state index in [9.17, 15) is 0 Å². The standard InChI is InChI=1S/C20H14.C2H6/c1-2-6-15(7-3-1)17-12-13-20-18(14-17)11-10-16-8-4-5-9-19(16)20;1-2/h1-14H;1-2H3. The smallest absolute Gasteiger partial charge is 0.0105 e. The van der Waals surface area contributed by atoms with E-state index in [1.165, 1.54) is 32.7 Å². The maximum Gasteiger partial charge on any atom is -0.0105 e. The van der Waals surface area contributed by atoms with Gasteiger partial charge in [0, 0.05) is 0 Å². The Kier molecular flexibility index (Phi) is 4.20. The van der Waals surface area contributed by atoms with E-state index in [4.69, 9.17) is 0 Å².